The van der Waals surface area contributed by atoms with Crippen LogP contribution in [-0.2, 0) is 21.3 Å². The maximum absolute atomic E-state index is 13.3. The van der Waals surface area contributed by atoms with E-state index in [1.807, 2.05) is 0 Å². The second kappa shape index (κ2) is 7.46. The number of nitrogens with one attached hydrogen (secondary N) is 1. The van der Waals surface area contributed by atoms with Gasteiger partial charge in [-0.25, -0.2) is 13.4 Å². The van der Waals surface area contributed by atoms with Crippen LogP contribution in [0.15, 0.2) is 35.3 Å². The average Bonchev–Trinajstić information content (AvgIpc) is 3.23. The average molecular weight is 469 g/mol. The summed E-state index contributed by atoms with van der Waals surface area (Å²) in [6, 6.07) is 6.28. The van der Waals surface area contributed by atoms with Crippen molar-refractivity contribution in [1.82, 2.24) is 14.5 Å². The quantitative estimate of drug-likeness (QED) is 0.559. The Balaban J connectivity index is 1.61. The number of nitrogens with zero attached hydrogens (tertiary/aromatic N) is 3. The van der Waals surface area contributed by atoms with Gasteiger partial charge in [0, 0.05) is 17.3 Å². The van der Waals surface area contributed by atoms with Crippen molar-refractivity contribution in [2.45, 2.75) is 56.3 Å². The number of carbonyl (C=O) groups excluding carboxylic acids is 1. The van der Waals surface area contributed by atoms with Crippen molar-refractivity contribution >= 4 is 38.3 Å². The van der Waals surface area contributed by atoms with E-state index in [0.29, 0.717) is 29.6 Å². The number of hydrogen-bond donors (Lipinski definition) is 2. The van der Waals surface area contributed by atoms with Gasteiger partial charge in [-0.1, -0.05) is 6.07 Å². The van der Waals surface area contributed by atoms with Crippen molar-refractivity contribution in [3.05, 3.63) is 57.5 Å². The molecule has 1 saturated carbocycles. The van der Waals surface area contributed by atoms with Gasteiger partial charge >= 0.3 is 0 Å². The Morgan fingerprint density at radius 1 is 1.24 bits per heavy atom. The highest BCUT2D eigenvalue weighted by atomic mass is 32.2. The van der Waals surface area contributed by atoms with Crippen LogP contribution in [0, 0.1) is 0 Å². The highest BCUT2D eigenvalue weighted by Crippen LogP contribution is 2.39. The number of fused-ring (bicyclic) bond motifs is 2. The molecular formula is C23H24N4O5S. The van der Waals surface area contributed by atoms with Gasteiger partial charge in [-0.05, 0) is 62.4 Å². The summed E-state index contributed by atoms with van der Waals surface area (Å²) in [6.45, 7) is 3.03. The lowest BCUT2D eigenvalue weighted by atomic mass is 9.99. The Hall–Kier alpha value is -3.11. The normalized spacial score (nSPS) is 23.5. The van der Waals surface area contributed by atoms with E-state index < -0.39 is 27.0 Å². The van der Waals surface area contributed by atoms with E-state index in [1.54, 1.807) is 25.1 Å². The Labute approximate surface area is 190 Å². The van der Waals surface area contributed by atoms with Gasteiger partial charge in [0.2, 0.25) is 5.95 Å². The number of benzene rings is 1. The fourth-order valence-corrected chi connectivity index (χ4v) is 6.49. The smallest absolute Gasteiger partial charge is 0.263 e. The first kappa shape index (κ1) is 21.7. The van der Waals surface area contributed by atoms with Gasteiger partial charge in [0.25, 0.3) is 5.56 Å². The first-order valence-corrected chi connectivity index (χ1v) is 12.6. The Bertz CT molecular complexity index is 1480. The molecule has 2 atom stereocenters. The van der Waals surface area contributed by atoms with Crippen LogP contribution in [0.2, 0.25) is 0 Å². The topological polar surface area (TPSA) is 131 Å². The van der Waals surface area contributed by atoms with Crippen molar-refractivity contribution in [3.8, 4) is 0 Å². The molecule has 2 aliphatic rings. The number of aliphatic hydroxyl groups is 1. The van der Waals surface area contributed by atoms with Crippen LogP contribution in [0.4, 0.5) is 11.6 Å². The summed E-state index contributed by atoms with van der Waals surface area (Å²) in [7, 11) is -3.11. The lowest BCUT2D eigenvalue weighted by molar-refractivity contribution is 0.0265. The summed E-state index contributed by atoms with van der Waals surface area (Å²) in [6.07, 6.45) is 3.43. The molecule has 0 amide bonds. The summed E-state index contributed by atoms with van der Waals surface area (Å²) in [4.78, 5) is 34.3. The van der Waals surface area contributed by atoms with Gasteiger partial charge < -0.3 is 10.4 Å². The second-order valence-electron chi connectivity index (χ2n) is 9.17. The summed E-state index contributed by atoms with van der Waals surface area (Å²) in [5.41, 5.74) is 0.949. The zero-order valence-corrected chi connectivity index (χ0v) is 19.1. The van der Waals surface area contributed by atoms with Crippen LogP contribution in [0.25, 0.3) is 11.0 Å². The molecule has 172 valence electrons. The first-order chi connectivity index (χ1) is 15.5. The molecule has 0 radical (unpaired) electrons. The lowest BCUT2D eigenvalue weighted by Gasteiger charge is -2.28. The highest BCUT2D eigenvalue weighted by Gasteiger charge is 2.40. The van der Waals surface area contributed by atoms with Crippen LogP contribution in [-0.4, -0.2) is 39.4 Å². The summed E-state index contributed by atoms with van der Waals surface area (Å²) < 4.78 is 25.2. The third-order valence-electron chi connectivity index (χ3n) is 6.56. The first-order valence-electron chi connectivity index (χ1n) is 10.8. The van der Waals surface area contributed by atoms with Crippen molar-refractivity contribution in [2.75, 3.05) is 5.32 Å². The van der Waals surface area contributed by atoms with Gasteiger partial charge in [0.15, 0.2) is 15.6 Å². The predicted molar refractivity (Wildman–Crippen MR) is 123 cm³/mol. The van der Waals surface area contributed by atoms with Crippen molar-refractivity contribution in [2.24, 2.45) is 0 Å². The third kappa shape index (κ3) is 3.83. The number of Topliss-reactive ketones (excluding diaryl/α,β-unsaturated/α-hetero) is 1. The molecular weight excluding hydrogens is 444 g/mol. The zero-order chi connectivity index (χ0) is 23.5. The van der Waals surface area contributed by atoms with Crippen LogP contribution in [0.1, 0.15) is 60.6 Å². The van der Waals surface area contributed by atoms with Gasteiger partial charge in [0.05, 0.1) is 28.7 Å². The van der Waals surface area contributed by atoms with E-state index >= 15 is 0 Å². The molecule has 33 heavy (non-hydrogen) atoms. The van der Waals surface area contributed by atoms with E-state index in [-0.39, 0.29) is 28.8 Å². The largest absolute Gasteiger partial charge is 0.388 e. The molecule has 0 bridgehead atoms. The third-order valence-corrected chi connectivity index (χ3v) is 8.06. The Kier molecular flexibility index (Phi) is 4.91. The highest BCUT2D eigenvalue weighted by molar-refractivity contribution is 7.90. The summed E-state index contributed by atoms with van der Waals surface area (Å²) in [5, 5.41) is 14.5. The van der Waals surface area contributed by atoms with Gasteiger partial charge in [-0.15, -0.1) is 0 Å². The minimum Gasteiger partial charge on any atom is -0.388 e. The fraction of sp³-hybridized carbons (Fsp3) is 0.391. The molecule has 9 nitrogen and oxygen atoms in total. The molecule has 2 N–H and O–H groups in total. The maximum atomic E-state index is 13.3. The van der Waals surface area contributed by atoms with E-state index in [1.165, 1.54) is 23.8 Å². The molecule has 1 fully saturated rings. The van der Waals surface area contributed by atoms with Crippen molar-refractivity contribution in [3.63, 3.8) is 0 Å². The van der Waals surface area contributed by atoms with Crippen molar-refractivity contribution < 1.29 is 18.3 Å². The Morgan fingerprint density at radius 3 is 2.70 bits per heavy atom. The van der Waals surface area contributed by atoms with Crippen LogP contribution in [0.5, 0.6) is 0 Å². The minimum atomic E-state index is -3.11. The maximum Gasteiger partial charge on any atom is 0.263 e. The number of rotatable bonds is 4. The van der Waals surface area contributed by atoms with E-state index in [4.69, 9.17) is 0 Å². The predicted octanol–water partition coefficient (Wildman–Crippen LogP) is 2.64. The Morgan fingerprint density at radius 2 is 2.00 bits per heavy atom. The zero-order valence-electron chi connectivity index (χ0n) is 18.3. The standard InChI is InChI=1S/C23H24N4O5S/c1-13(28)18-9-15-10-24-22(25-17-6-5-14-11-33(31,32)12-16(14)8-17)26-20(15)27(21(18)29)19-4-3-7-23(19,2)30/h5-6,8-10,19,30H,3-4,7,11-12H2,1-2H3,(H,24,25,26)/t19-,23-/m1/s1. The molecule has 0 saturated heterocycles. The van der Waals surface area contributed by atoms with E-state index in [0.717, 1.165) is 17.5 Å². The van der Waals surface area contributed by atoms with Crippen LogP contribution >= 0.6 is 0 Å². The number of sulfone groups is 1. The molecule has 2 aromatic heterocycles. The molecule has 3 heterocycles. The molecule has 3 aromatic rings. The molecule has 1 aliphatic carbocycles. The summed E-state index contributed by atoms with van der Waals surface area (Å²) in [5.74, 6) is -0.0879. The summed E-state index contributed by atoms with van der Waals surface area (Å²) >= 11 is 0. The lowest BCUT2D eigenvalue weighted by Crippen LogP contribution is -2.39. The number of pyridine rings is 1. The van der Waals surface area contributed by atoms with E-state index in [9.17, 15) is 23.1 Å². The second-order valence-corrected chi connectivity index (χ2v) is 11.2. The molecule has 5 rings (SSSR count). The van der Waals surface area contributed by atoms with Gasteiger partial charge in [-0.3, -0.25) is 14.2 Å². The SMILES string of the molecule is CC(=O)c1cc2cnc(Nc3ccc4c(c3)CS(=O)(=O)C4)nc2n([C@@H]2CCC[C@@]2(C)O)c1=O. The minimum absolute atomic E-state index is 0.000554. The monoisotopic (exact) mass is 468 g/mol. The molecule has 1 aliphatic heterocycles. The van der Waals surface area contributed by atoms with Crippen molar-refractivity contribution in [1.29, 1.82) is 0 Å². The fourth-order valence-electron chi connectivity index (χ4n) is 4.89. The molecule has 1 aromatic carbocycles. The van der Waals surface area contributed by atoms with Crippen LogP contribution < -0.4 is 10.9 Å². The molecule has 10 heteroatoms. The van der Waals surface area contributed by atoms with E-state index in [2.05, 4.69) is 15.3 Å². The van der Waals surface area contributed by atoms with Crippen LogP contribution in [0.3, 0.4) is 0 Å². The number of hydrogen-bond acceptors (Lipinski definition) is 8. The number of ketones is 1. The van der Waals surface area contributed by atoms with Gasteiger partial charge in [-0.2, -0.15) is 4.98 Å². The molecule has 0 spiro atoms. The number of carbonyl (C=O) groups is 1. The number of anilines is 2. The molecule has 0 unspecified atom stereocenters. The van der Waals surface area contributed by atoms with Gasteiger partial charge in [0.1, 0.15) is 5.65 Å². The number of aromatic nitrogens is 3.